The Bertz CT molecular complexity index is 772. The molecule has 0 aliphatic carbocycles. The maximum Gasteiger partial charge on any atom is 0.243 e. The fourth-order valence-corrected chi connectivity index (χ4v) is 4.93. The number of nitrogens with zero attached hydrogens (tertiary/aromatic N) is 1. The standard InChI is InChI=1S/C17H18BrNO2S/c1-13-4-2-5-14(12-13)17-6-3-11-19(17)22(20,21)16-9-7-15(18)8-10-16/h2,4-5,7-10,12,17H,3,6,11H2,1H3/t17-/m1/s1. The first-order valence-electron chi connectivity index (χ1n) is 7.32. The minimum Gasteiger partial charge on any atom is -0.207 e. The SMILES string of the molecule is Cc1cccc([C@H]2CCCN2S(=O)(=O)c2ccc(Br)cc2)c1. The minimum atomic E-state index is -3.45. The Morgan fingerprint density at radius 3 is 2.55 bits per heavy atom. The van der Waals surface area contributed by atoms with Gasteiger partial charge in [0.05, 0.1) is 10.9 Å². The summed E-state index contributed by atoms with van der Waals surface area (Å²) in [7, 11) is -3.45. The van der Waals surface area contributed by atoms with Crippen LogP contribution in [0, 0.1) is 6.92 Å². The number of aryl methyl sites for hydroxylation is 1. The Morgan fingerprint density at radius 2 is 1.86 bits per heavy atom. The summed E-state index contributed by atoms with van der Waals surface area (Å²) in [6.07, 6.45) is 1.77. The maximum absolute atomic E-state index is 12.9. The highest BCUT2D eigenvalue weighted by molar-refractivity contribution is 9.10. The number of halogens is 1. The Hall–Kier alpha value is -1.17. The van der Waals surface area contributed by atoms with Gasteiger partial charge in [-0.25, -0.2) is 8.42 Å². The normalized spacial score (nSPS) is 19.5. The van der Waals surface area contributed by atoms with Gasteiger partial charge in [0.2, 0.25) is 10.0 Å². The summed E-state index contributed by atoms with van der Waals surface area (Å²) in [5, 5.41) is 0. The molecular weight excluding hydrogens is 362 g/mol. The molecule has 0 aromatic heterocycles. The number of rotatable bonds is 3. The van der Waals surface area contributed by atoms with Crippen LogP contribution in [0.1, 0.15) is 30.0 Å². The number of hydrogen-bond acceptors (Lipinski definition) is 2. The molecule has 2 aromatic carbocycles. The van der Waals surface area contributed by atoms with Crippen LogP contribution in [0.4, 0.5) is 0 Å². The third-order valence-electron chi connectivity index (χ3n) is 4.05. The van der Waals surface area contributed by atoms with Crippen molar-refractivity contribution in [2.24, 2.45) is 0 Å². The molecule has 0 radical (unpaired) electrons. The van der Waals surface area contributed by atoms with Crippen molar-refractivity contribution in [2.75, 3.05) is 6.54 Å². The van der Waals surface area contributed by atoms with Gasteiger partial charge in [0.15, 0.2) is 0 Å². The van der Waals surface area contributed by atoms with Crippen molar-refractivity contribution >= 4 is 26.0 Å². The molecule has 0 bridgehead atoms. The largest absolute Gasteiger partial charge is 0.243 e. The second kappa shape index (κ2) is 6.14. The van der Waals surface area contributed by atoms with E-state index in [2.05, 4.69) is 22.0 Å². The van der Waals surface area contributed by atoms with Gasteiger partial charge in [0.1, 0.15) is 0 Å². The van der Waals surface area contributed by atoms with E-state index in [0.717, 1.165) is 28.4 Å². The topological polar surface area (TPSA) is 37.4 Å². The second-order valence-corrected chi connectivity index (χ2v) is 8.45. The molecule has 3 nitrogen and oxygen atoms in total. The van der Waals surface area contributed by atoms with Crippen LogP contribution in [0.3, 0.4) is 0 Å². The summed E-state index contributed by atoms with van der Waals surface area (Å²) >= 11 is 3.34. The molecule has 3 rings (SSSR count). The first-order chi connectivity index (χ1) is 10.5. The van der Waals surface area contributed by atoms with Crippen molar-refractivity contribution < 1.29 is 8.42 Å². The zero-order valence-corrected chi connectivity index (χ0v) is 14.8. The molecule has 0 saturated carbocycles. The van der Waals surface area contributed by atoms with Gasteiger partial charge in [0.25, 0.3) is 0 Å². The van der Waals surface area contributed by atoms with Crippen LogP contribution in [0.2, 0.25) is 0 Å². The molecular formula is C17H18BrNO2S. The van der Waals surface area contributed by atoms with Gasteiger partial charge in [-0.05, 0) is 49.6 Å². The number of sulfonamides is 1. The van der Waals surface area contributed by atoms with Crippen molar-refractivity contribution in [3.63, 3.8) is 0 Å². The summed E-state index contributed by atoms with van der Waals surface area (Å²) in [5.74, 6) is 0. The van der Waals surface area contributed by atoms with Crippen molar-refractivity contribution in [1.29, 1.82) is 0 Å². The molecule has 0 unspecified atom stereocenters. The molecule has 1 aliphatic rings. The number of benzene rings is 2. The highest BCUT2D eigenvalue weighted by atomic mass is 79.9. The van der Waals surface area contributed by atoms with E-state index in [4.69, 9.17) is 0 Å². The average molecular weight is 380 g/mol. The van der Waals surface area contributed by atoms with Crippen LogP contribution in [0.25, 0.3) is 0 Å². The molecule has 0 amide bonds. The molecule has 0 N–H and O–H groups in total. The first kappa shape index (κ1) is 15.7. The molecule has 5 heteroatoms. The Kier molecular flexibility index (Phi) is 4.39. The van der Waals surface area contributed by atoms with Crippen LogP contribution in [-0.2, 0) is 10.0 Å². The summed E-state index contributed by atoms with van der Waals surface area (Å²) in [5.41, 5.74) is 2.24. The van der Waals surface area contributed by atoms with E-state index in [-0.39, 0.29) is 6.04 Å². The summed E-state index contributed by atoms with van der Waals surface area (Å²) in [4.78, 5) is 0.357. The number of hydrogen-bond donors (Lipinski definition) is 0. The summed E-state index contributed by atoms with van der Waals surface area (Å²) < 4.78 is 28.4. The Labute approximate surface area is 140 Å². The van der Waals surface area contributed by atoms with Crippen LogP contribution in [-0.4, -0.2) is 19.3 Å². The summed E-state index contributed by atoms with van der Waals surface area (Å²) in [6.45, 7) is 2.61. The molecule has 116 valence electrons. The molecule has 2 aromatic rings. The van der Waals surface area contributed by atoms with Crippen molar-refractivity contribution in [3.8, 4) is 0 Å². The second-order valence-electron chi connectivity index (χ2n) is 5.64. The van der Waals surface area contributed by atoms with Crippen LogP contribution < -0.4 is 0 Å². The minimum absolute atomic E-state index is 0.0615. The zero-order chi connectivity index (χ0) is 15.7. The lowest BCUT2D eigenvalue weighted by atomic mass is 10.0. The molecule has 1 atom stereocenters. The predicted molar refractivity (Wildman–Crippen MR) is 91.2 cm³/mol. The molecule has 22 heavy (non-hydrogen) atoms. The lowest BCUT2D eigenvalue weighted by Crippen LogP contribution is -2.30. The fourth-order valence-electron chi connectivity index (χ4n) is 2.98. The van der Waals surface area contributed by atoms with Gasteiger partial charge in [-0.2, -0.15) is 4.31 Å². The monoisotopic (exact) mass is 379 g/mol. The van der Waals surface area contributed by atoms with Crippen molar-refractivity contribution in [1.82, 2.24) is 4.31 Å². The quantitative estimate of drug-likeness (QED) is 0.797. The predicted octanol–water partition coefficient (Wildman–Crippen LogP) is 4.28. The van der Waals surface area contributed by atoms with E-state index < -0.39 is 10.0 Å². The lowest BCUT2D eigenvalue weighted by molar-refractivity contribution is 0.396. The van der Waals surface area contributed by atoms with Crippen molar-refractivity contribution in [2.45, 2.75) is 30.7 Å². The highest BCUT2D eigenvalue weighted by Gasteiger charge is 2.36. The average Bonchev–Trinajstić information content (AvgIpc) is 2.98. The van der Waals surface area contributed by atoms with Gasteiger partial charge in [0, 0.05) is 11.0 Å². The van der Waals surface area contributed by atoms with Gasteiger partial charge in [-0.15, -0.1) is 0 Å². The third kappa shape index (κ3) is 2.98. The summed E-state index contributed by atoms with van der Waals surface area (Å²) in [6, 6.07) is 14.9. The van der Waals surface area contributed by atoms with Gasteiger partial charge in [-0.3, -0.25) is 0 Å². The van der Waals surface area contributed by atoms with Crippen LogP contribution in [0.15, 0.2) is 57.9 Å². The Balaban J connectivity index is 1.97. The molecule has 1 saturated heterocycles. The van der Waals surface area contributed by atoms with E-state index >= 15 is 0 Å². The van der Waals surface area contributed by atoms with E-state index in [9.17, 15) is 8.42 Å². The molecule has 0 spiro atoms. The van der Waals surface area contributed by atoms with E-state index in [0.29, 0.717) is 11.4 Å². The smallest absolute Gasteiger partial charge is 0.207 e. The van der Waals surface area contributed by atoms with Gasteiger partial charge in [-0.1, -0.05) is 45.8 Å². The van der Waals surface area contributed by atoms with Crippen LogP contribution >= 0.6 is 15.9 Å². The van der Waals surface area contributed by atoms with E-state index in [1.54, 1.807) is 28.6 Å². The van der Waals surface area contributed by atoms with Gasteiger partial charge < -0.3 is 0 Å². The molecule has 1 fully saturated rings. The fraction of sp³-hybridized carbons (Fsp3) is 0.294. The third-order valence-corrected chi connectivity index (χ3v) is 6.50. The van der Waals surface area contributed by atoms with E-state index in [1.807, 2.05) is 25.1 Å². The highest BCUT2D eigenvalue weighted by Crippen LogP contribution is 2.36. The van der Waals surface area contributed by atoms with Crippen molar-refractivity contribution in [3.05, 3.63) is 64.1 Å². The maximum atomic E-state index is 12.9. The Morgan fingerprint density at radius 1 is 1.14 bits per heavy atom. The first-order valence-corrected chi connectivity index (χ1v) is 9.56. The lowest BCUT2D eigenvalue weighted by Gasteiger charge is -2.24. The molecule has 1 aliphatic heterocycles. The van der Waals surface area contributed by atoms with Gasteiger partial charge >= 0.3 is 0 Å². The van der Waals surface area contributed by atoms with E-state index in [1.165, 1.54) is 0 Å². The molecule has 1 heterocycles. The van der Waals surface area contributed by atoms with Crippen LogP contribution in [0.5, 0.6) is 0 Å². The zero-order valence-electron chi connectivity index (χ0n) is 12.4.